The van der Waals surface area contributed by atoms with Gasteiger partial charge in [-0.1, -0.05) is 6.07 Å². The summed E-state index contributed by atoms with van der Waals surface area (Å²) in [6, 6.07) is 2.70. The van der Waals surface area contributed by atoms with Crippen LogP contribution in [-0.4, -0.2) is 17.7 Å². The normalized spacial score (nSPS) is 10.1. The fraction of sp³-hybridized carbons (Fsp3) is 0.364. The van der Waals surface area contributed by atoms with Gasteiger partial charge in [-0.3, -0.25) is 4.79 Å². The van der Waals surface area contributed by atoms with Crippen LogP contribution in [0.25, 0.3) is 0 Å². The average Bonchev–Trinajstić information content (AvgIpc) is 2.14. The maximum atomic E-state index is 13.1. The molecule has 3 nitrogen and oxygen atoms in total. The van der Waals surface area contributed by atoms with E-state index in [4.69, 9.17) is 4.74 Å². The summed E-state index contributed by atoms with van der Waals surface area (Å²) in [4.78, 5) is 11.1. The third-order valence-corrected chi connectivity index (χ3v) is 1.97. The molecule has 1 rings (SSSR count). The van der Waals surface area contributed by atoms with Crippen LogP contribution in [0.15, 0.2) is 12.1 Å². The molecule has 1 aromatic rings. The lowest BCUT2D eigenvalue weighted by Gasteiger charge is -2.05. The lowest BCUT2D eigenvalue weighted by atomic mass is 10.1. The maximum absolute atomic E-state index is 13.1. The van der Waals surface area contributed by atoms with Crippen LogP contribution in [-0.2, 0) is 16.0 Å². The number of carbonyl (C=O) groups is 1. The van der Waals surface area contributed by atoms with Gasteiger partial charge in [0.2, 0.25) is 0 Å². The molecule has 0 heterocycles. The predicted octanol–water partition coefficient (Wildman–Crippen LogP) is 1.95. The van der Waals surface area contributed by atoms with Gasteiger partial charge in [-0.25, -0.2) is 4.39 Å². The van der Waals surface area contributed by atoms with Gasteiger partial charge in [0, 0.05) is 0 Å². The summed E-state index contributed by atoms with van der Waals surface area (Å²) in [6.45, 7) is 3.59. The Bertz CT molecular complexity index is 351. The molecule has 1 aromatic carbocycles. The first-order valence-electron chi connectivity index (χ1n) is 4.68. The van der Waals surface area contributed by atoms with Crippen molar-refractivity contribution in [2.45, 2.75) is 20.3 Å². The predicted molar refractivity (Wildman–Crippen MR) is 53.1 cm³/mol. The van der Waals surface area contributed by atoms with Gasteiger partial charge in [0.25, 0.3) is 0 Å². The summed E-state index contributed by atoms with van der Waals surface area (Å²) in [7, 11) is 0. The quantitative estimate of drug-likeness (QED) is 0.779. The number of halogens is 1. The summed E-state index contributed by atoms with van der Waals surface area (Å²) < 4.78 is 17.8. The Morgan fingerprint density at radius 1 is 1.53 bits per heavy atom. The number of benzene rings is 1. The molecule has 15 heavy (non-hydrogen) atoms. The number of hydrogen-bond donors (Lipinski definition) is 1. The second-order valence-electron chi connectivity index (χ2n) is 3.22. The highest BCUT2D eigenvalue weighted by atomic mass is 19.1. The van der Waals surface area contributed by atoms with Crippen molar-refractivity contribution in [2.75, 3.05) is 6.61 Å². The molecule has 0 fully saturated rings. The molecule has 0 bridgehead atoms. The van der Waals surface area contributed by atoms with Crippen molar-refractivity contribution >= 4 is 5.97 Å². The first-order valence-corrected chi connectivity index (χ1v) is 4.68. The number of phenols is 1. The van der Waals surface area contributed by atoms with Gasteiger partial charge in [-0.05, 0) is 31.0 Å². The highest BCUT2D eigenvalue weighted by Gasteiger charge is 2.09. The molecule has 4 heteroatoms. The molecule has 1 N–H and O–H groups in total. The van der Waals surface area contributed by atoms with E-state index in [1.807, 2.05) is 0 Å². The van der Waals surface area contributed by atoms with Crippen LogP contribution < -0.4 is 0 Å². The van der Waals surface area contributed by atoms with Crippen molar-refractivity contribution < 1.29 is 19.0 Å². The minimum atomic E-state index is -0.714. The highest BCUT2D eigenvalue weighted by Crippen LogP contribution is 2.22. The van der Waals surface area contributed by atoms with E-state index in [1.165, 1.54) is 0 Å². The van der Waals surface area contributed by atoms with Crippen LogP contribution >= 0.6 is 0 Å². The SMILES string of the molecule is CCOC(=O)Cc1cc(C)c(O)c(F)c1. The van der Waals surface area contributed by atoms with E-state index in [0.29, 0.717) is 17.7 Å². The van der Waals surface area contributed by atoms with Gasteiger partial charge in [-0.2, -0.15) is 0 Å². The second-order valence-corrected chi connectivity index (χ2v) is 3.22. The zero-order valence-electron chi connectivity index (χ0n) is 8.71. The molecule has 0 aliphatic heterocycles. The summed E-state index contributed by atoms with van der Waals surface area (Å²) >= 11 is 0. The maximum Gasteiger partial charge on any atom is 0.310 e. The van der Waals surface area contributed by atoms with Crippen LogP contribution in [0.2, 0.25) is 0 Å². The second kappa shape index (κ2) is 4.77. The van der Waals surface area contributed by atoms with Gasteiger partial charge < -0.3 is 9.84 Å². The number of aryl methyl sites for hydroxylation is 1. The zero-order chi connectivity index (χ0) is 11.4. The lowest BCUT2D eigenvalue weighted by Crippen LogP contribution is -2.07. The number of hydrogen-bond acceptors (Lipinski definition) is 3. The summed E-state index contributed by atoms with van der Waals surface area (Å²) in [6.07, 6.45) is 0.0197. The van der Waals surface area contributed by atoms with Crippen molar-refractivity contribution in [2.24, 2.45) is 0 Å². The molecule has 0 radical (unpaired) electrons. The first kappa shape index (κ1) is 11.5. The van der Waals surface area contributed by atoms with Gasteiger partial charge in [0.05, 0.1) is 13.0 Å². The number of esters is 1. The summed E-state index contributed by atoms with van der Waals surface area (Å²) in [5.41, 5.74) is 0.913. The standard InChI is InChI=1S/C11H13FO3/c1-3-15-10(13)6-8-4-7(2)11(14)9(12)5-8/h4-5,14H,3,6H2,1-2H3. The van der Waals surface area contributed by atoms with Gasteiger partial charge in [-0.15, -0.1) is 0 Å². The fourth-order valence-corrected chi connectivity index (χ4v) is 1.29. The van der Waals surface area contributed by atoms with E-state index in [2.05, 4.69) is 0 Å². The Kier molecular flexibility index (Phi) is 3.66. The zero-order valence-corrected chi connectivity index (χ0v) is 8.71. The number of ether oxygens (including phenoxy) is 1. The van der Waals surface area contributed by atoms with E-state index >= 15 is 0 Å². The van der Waals surface area contributed by atoms with Crippen molar-refractivity contribution in [3.05, 3.63) is 29.1 Å². The number of aromatic hydroxyl groups is 1. The van der Waals surface area contributed by atoms with E-state index in [1.54, 1.807) is 19.9 Å². The lowest BCUT2D eigenvalue weighted by molar-refractivity contribution is -0.142. The Labute approximate surface area is 87.5 Å². The van der Waals surface area contributed by atoms with Crippen LogP contribution in [0.5, 0.6) is 5.75 Å². The molecule has 0 atom stereocenters. The van der Waals surface area contributed by atoms with E-state index in [9.17, 15) is 14.3 Å². The van der Waals surface area contributed by atoms with Crippen LogP contribution in [0, 0.1) is 12.7 Å². The first-order chi connectivity index (χ1) is 7.04. The van der Waals surface area contributed by atoms with Gasteiger partial charge >= 0.3 is 5.97 Å². The summed E-state index contributed by atoms with van der Waals surface area (Å²) in [5.74, 6) is -1.49. The third kappa shape index (κ3) is 2.94. The monoisotopic (exact) mass is 212 g/mol. The molecular weight excluding hydrogens is 199 g/mol. The average molecular weight is 212 g/mol. The molecule has 0 aliphatic rings. The van der Waals surface area contributed by atoms with Crippen molar-refractivity contribution in [1.29, 1.82) is 0 Å². The molecule has 0 aromatic heterocycles. The Balaban J connectivity index is 2.83. The van der Waals surface area contributed by atoms with Gasteiger partial charge in [0.1, 0.15) is 0 Å². The molecule has 82 valence electrons. The van der Waals surface area contributed by atoms with E-state index in [0.717, 1.165) is 6.07 Å². The smallest absolute Gasteiger partial charge is 0.310 e. The largest absolute Gasteiger partial charge is 0.505 e. The number of phenolic OH excluding ortho intramolecular Hbond substituents is 1. The minimum Gasteiger partial charge on any atom is -0.505 e. The van der Waals surface area contributed by atoms with E-state index in [-0.39, 0.29) is 12.2 Å². The minimum absolute atomic E-state index is 0.0197. The van der Waals surface area contributed by atoms with Crippen molar-refractivity contribution in [3.8, 4) is 5.75 Å². The molecule has 0 spiro atoms. The molecule has 0 aliphatic carbocycles. The van der Waals surface area contributed by atoms with Crippen molar-refractivity contribution in [1.82, 2.24) is 0 Å². The molecule has 0 saturated carbocycles. The van der Waals surface area contributed by atoms with Crippen LogP contribution in [0.4, 0.5) is 4.39 Å². The van der Waals surface area contributed by atoms with Crippen LogP contribution in [0.1, 0.15) is 18.1 Å². The van der Waals surface area contributed by atoms with Gasteiger partial charge in [0.15, 0.2) is 11.6 Å². The molecule has 0 saturated heterocycles. The third-order valence-electron chi connectivity index (χ3n) is 1.97. The Morgan fingerprint density at radius 3 is 2.73 bits per heavy atom. The van der Waals surface area contributed by atoms with E-state index < -0.39 is 11.8 Å². The Hall–Kier alpha value is -1.58. The number of rotatable bonds is 3. The highest BCUT2D eigenvalue weighted by molar-refractivity contribution is 5.72. The van der Waals surface area contributed by atoms with Crippen molar-refractivity contribution in [3.63, 3.8) is 0 Å². The fourth-order valence-electron chi connectivity index (χ4n) is 1.29. The summed E-state index contributed by atoms with van der Waals surface area (Å²) in [5, 5.41) is 9.18. The number of carbonyl (C=O) groups excluding carboxylic acids is 1. The molecular formula is C11H13FO3. The Morgan fingerprint density at radius 2 is 2.20 bits per heavy atom. The topological polar surface area (TPSA) is 46.5 Å². The van der Waals surface area contributed by atoms with Crippen LogP contribution in [0.3, 0.4) is 0 Å². The molecule has 0 amide bonds. The molecule has 0 unspecified atom stereocenters.